The van der Waals surface area contributed by atoms with E-state index in [1.807, 2.05) is 0 Å². The number of hydrogen-bond acceptors (Lipinski definition) is 14. The maximum absolute atomic E-state index is 14.1. The van der Waals surface area contributed by atoms with E-state index >= 15 is 0 Å². The summed E-state index contributed by atoms with van der Waals surface area (Å²) < 4.78 is 40.9. The molecule has 8 rings (SSSR count). The summed E-state index contributed by atoms with van der Waals surface area (Å²) in [7, 11) is 0. The molecule has 0 spiro atoms. The highest BCUT2D eigenvalue weighted by atomic mass is 35.5. The van der Waals surface area contributed by atoms with E-state index in [1.54, 1.807) is 60.7 Å². The smallest absolute Gasteiger partial charge is 0.351 e. The quantitative estimate of drug-likeness (QED) is 0.0932. The van der Waals surface area contributed by atoms with Crippen molar-refractivity contribution >= 4 is 23.0 Å². The predicted molar refractivity (Wildman–Crippen MR) is 190 cm³/mol. The van der Waals surface area contributed by atoms with E-state index in [0.29, 0.717) is 39.6 Å². The van der Waals surface area contributed by atoms with Gasteiger partial charge in [0.2, 0.25) is 5.15 Å². The summed E-state index contributed by atoms with van der Waals surface area (Å²) in [5.74, 6) is -0.645. The summed E-state index contributed by atoms with van der Waals surface area (Å²) >= 11 is 5.87. The van der Waals surface area contributed by atoms with Gasteiger partial charge in [0, 0.05) is 23.3 Å². The van der Waals surface area contributed by atoms with Crippen molar-refractivity contribution in [1.82, 2.24) is 49.8 Å². The summed E-state index contributed by atoms with van der Waals surface area (Å²) in [6.07, 6.45) is 4.65. The first-order valence-electron chi connectivity index (χ1n) is 15.9. The third kappa shape index (κ3) is 7.77. The maximum atomic E-state index is 14.1. The number of benzene rings is 2. The molecule has 6 heterocycles. The summed E-state index contributed by atoms with van der Waals surface area (Å²) in [5, 5.41) is 37.9. The van der Waals surface area contributed by atoms with Crippen LogP contribution in [0.2, 0.25) is 5.15 Å². The van der Waals surface area contributed by atoms with Gasteiger partial charge in [-0.2, -0.15) is 10.2 Å². The average molecular weight is 783 g/mol. The van der Waals surface area contributed by atoms with E-state index in [-0.39, 0.29) is 41.4 Å². The number of rotatable bonds is 10. The zero-order valence-electron chi connectivity index (χ0n) is 28.1. The molecule has 0 aliphatic rings. The molecule has 8 aromatic rings. The zero-order chi connectivity index (χ0) is 39.3. The number of H-pyrrole nitrogens is 1. The van der Waals surface area contributed by atoms with Gasteiger partial charge in [-0.1, -0.05) is 58.3 Å². The van der Waals surface area contributed by atoms with Gasteiger partial charge in [-0.15, -0.1) is 0 Å². The van der Waals surface area contributed by atoms with Crippen molar-refractivity contribution < 1.29 is 27.7 Å². The molecule has 0 fully saturated rings. The van der Waals surface area contributed by atoms with Crippen molar-refractivity contribution in [3.05, 3.63) is 156 Å². The van der Waals surface area contributed by atoms with E-state index in [0.717, 1.165) is 12.4 Å². The molecule has 0 saturated heterocycles. The molecule has 0 amide bonds. The van der Waals surface area contributed by atoms with E-state index in [4.69, 9.17) is 20.6 Å². The van der Waals surface area contributed by atoms with Crippen molar-refractivity contribution in [2.45, 2.75) is 13.1 Å². The van der Waals surface area contributed by atoms with Crippen LogP contribution in [0, 0.1) is 31.9 Å². The van der Waals surface area contributed by atoms with Crippen molar-refractivity contribution in [3.8, 4) is 45.8 Å². The van der Waals surface area contributed by atoms with Crippen LogP contribution in [0.5, 0.6) is 0 Å². The van der Waals surface area contributed by atoms with Crippen molar-refractivity contribution in [2.75, 3.05) is 0 Å². The number of halogens is 3. The van der Waals surface area contributed by atoms with Gasteiger partial charge in [0.15, 0.2) is 11.6 Å². The number of aromatic nitrogens is 10. The minimum atomic E-state index is -0.901. The lowest BCUT2D eigenvalue weighted by Gasteiger charge is -2.06. The Morgan fingerprint density at radius 2 is 1.23 bits per heavy atom. The summed E-state index contributed by atoms with van der Waals surface area (Å²) in [6.45, 7) is 0.210. The number of hydrogen-bond donors (Lipinski definition) is 1. The molecule has 19 nitrogen and oxygen atoms in total. The van der Waals surface area contributed by atoms with Gasteiger partial charge >= 0.3 is 16.9 Å². The van der Waals surface area contributed by atoms with E-state index < -0.39 is 32.6 Å². The standard InChI is InChI=1S/C17H10ClFN6O3.C17H11FN6O4/c18-16-15(25(26)27)8-20-17(21-16)13-7-14(12-5-6-28-23-12)24(22-13)9-10-3-1-2-4-11(10)19;18-11-4-2-1-3-10(11)9-23-14(12-5-6-28-22-12)7-13(21-23)16-19-8-15(24(26)27)17(25)20-16/h1-8H,9H2;1-8H,9H2,(H,19,20,25). The minimum absolute atomic E-state index is 0.0348. The lowest BCUT2D eigenvalue weighted by atomic mass is 10.2. The van der Waals surface area contributed by atoms with Gasteiger partial charge in [-0.05, 0) is 24.3 Å². The van der Waals surface area contributed by atoms with Gasteiger partial charge < -0.3 is 9.05 Å². The molecule has 22 heteroatoms. The second-order valence-corrected chi connectivity index (χ2v) is 11.8. The fourth-order valence-corrected chi connectivity index (χ4v) is 5.42. The molecule has 1 N–H and O–H groups in total. The van der Waals surface area contributed by atoms with Crippen LogP contribution in [-0.2, 0) is 13.1 Å². The van der Waals surface area contributed by atoms with E-state index in [9.17, 15) is 33.8 Å². The van der Waals surface area contributed by atoms with Crippen LogP contribution in [0.25, 0.3) is 45.8 Å². The molecule has 0 atom stereocenters. The van der Waals surface area contributed by atoms with Crippen molar-refractivity contribution in [1.29, 1.82) is 0 Å². The predicted octanol–water partition coefficient (Wildman–Crippen LogP) is 6.13. The molecule has 0 radical (unpaired) electrons. The molecule has 0 aliphatic carbocycles. The Labute approximate surface area is 315 Å². The second kappa shape index (κ2) is 15.7. The third-order valence-electron chi connectivity index (χ3n) is 7.89. The minimum Gasteiger partial charge on any atom is -0.364 e. The topological polar surface area (TPSA) is 246 Å². The van der Waals surface area contributed by atoms with E-state index in [2.05, 4.69) is 40.4 Å². The molecule has 0 bridgehead atoms. The Hall–Kier alpha value is -7.81. The van der Waals surface area contributed by atoms with Gasteiger partial charge in [0.25, 0.3) is 0 Å². The first-order chi connectivity index (χ1) is 27.0. The average Bonchev–Trinajstić information content (AvgIpc) is 4.01. The zero-order valence-corrected chi connectivity index (χ0v) is 28.8. The van der Waals surface area contributed by atoms with Gasteiger partial charge in [0.05, 0.1) is 34.3 Å². The van der Waals surface area contributed by atoms with Gasteiger partial charge in [-0.25, -0.2) is 23.7 Å². The van der Waals surface area contributed by atoms with Crippen LogP contribution in [0.3, 0.4) is 0 Å². The number of nitrogens with zero attached hydrogens (tertiary/aromatic N) is 11. The number of aromatic amines is 1. The van der Waals surface area contributed by atoms with Crippen LogP contribution in [-0.4, -0.2) is 59.7 Å². The maximum Gasteiger partial charge on any atom is 0.351 e. The Bertz CT molecular complexity index is 2750. The largest absolute Gasteiger partial charge is 0.364 e. The van der Waals surface area contributed by atoms with Crippen LogP contribution in [0.15, 0.2) is 112 Å². The highest BCUT2D eigenvalue weighted by molar-refractivity contribution is 6.31. The SMILES string of the molecule is O=[N+]([O-])c1cnc(-c2cc(-c3ccon3)n(Cc3ccccc3F)n2)nc1Cl.O=c1[nH]c(-c2cc(-c3ccon3)n(Cc3ccccc3F)n2)ncc1[N+](=O)[O-]. The van der Waals surface area contributed by atoms with E-state index in [1.165, 1.54) is 34.0 Å². The van der Waals surface area contributed by atoms with Crippen LogP contribution in [0.4, 0.5) is 20.2 Å². The van der Waals surface area contributed by atoms with Gasteiger partial charge in [0.1, 0.15) is 59.3 Å². The monoisotopic (exact) mass is 782 g/mol. The summed E-state index contributed by atoms with van der Waals surface area (Å²) in [5.41, 5.74) is 1.31. The Morgan fingerprint density at radius 3 is 1.71 bits per heavy atom. The fraction of sp³-hybridized carbons (Fsp3) is 0.0588. The Morgan fingerprint density at radius 1 is 0.714 bits per heavy atom. The number of nitro groups is 2. The van der Waals surface area contributed by atoms with Crippen LogP contribution < -0.4 is 5.56 Å². The lowest BCUT2D eigenvalue weighted by molar-refractivity contribution is -0.386. The molecule has 6 aromatic heterocycles. The van der Waals surface area contributed by atoms with Crippen LogP contribution >= 0.6 is 11.6 Å². The van der Waals surface area contributed by atoms with Crippen LogP contribution in [0.1, 0.15) is 11.1 Å². The molecular formula is C34H21ClF2N12O7. The number of nitrogens with one attached hydrogen (secondary N) is 1. The lowest BCUT2D eigenvalue weighted by Crippen LogP contribution is -2.13. The Kier molecular flexibility index (Phi) is 10.2. The summed E-state index contributed by atoms with van der Waals surface area (Å²) in [6, 6.07) is 19.0. The molecule has 0 saturated carbocycles. The molecule has 0 unspecified atom stereocenters. The highest BCUT2D eigenvalue weighted by Gasteiger charge is 2.22. The van der Waals surface area contributed by atoms with Crippen molar-refractivity contribution in [3.63, 3.8) is 0 Å². The molecular weight excluding hydrogens is 762 g/mol. The first-order valence-corrected chi connectivity index (χ1v) is 16.3. The fourth-order valence-electron chi connectivity index (χ4n) is 5.23. The highest BCUT2D eigenvalue weighted by Crippen LogP contribution is 2.28. The molecule has 0 aliphatic heterocycles. The first kappa shape index (κ1) is 36.5. The second-order valence-electron chi connectivity index (χ2n) is 11.4. The normalized spacial score (nSPS) is 10.9. The molecule has 56 heavy (non-hydrogen) atoms. The molecule has 2 aromatic carbocycles. The summed E-state index contributed by atoms with van der Waals surface area (Å²) in [4.78, 5) is 46.2. The van der Waals surface area contributed by atoms with Crippen molar-refractivity contribution in [2.24, 2.45) is 0 Å². The third-order valence-corrected chi connectivity index (χ3v) is 8.16. The molecule has 280 valence electrons. The van der Waals surface area contributed by atoms with Gasteiger partial charge in [-0.3, -0.25) is 39.4 Å². The Balaban J connectivity index is 0.000000172.